The molecule has 0 spiro atoms. The summed E-state index contributed by atoms with van der Waals surface area (Å²) >= 11 is 0. The monoisotopic (exact) mass is 160 g/mol. The van der Waals surface area contributed by atoms with E-state index in [4.69, 9.17) is 0 Å². The highest BCUT2D eigenvalue weighted by molar-refractivity contribution is 5.20. The average Bonchev–Trinajstić information content (AvgIpc) is 1.84. The minimum Gasteiger partial charge on any atom is -0.243 e. The summed E-state index contributed by atoms with van der Waals surface area (Å²) in [5.41, 5.74) is 0.708. The van der Waals surface area contributed by atoms with E-state index in [9.17, 15) is 8.78 Å². The Kier molecular flexibility index (Phi) is 4.75. The molecule has 1 unspecified atom stereocenters. The summed E-state index contributed by atoms with van der Waals surface area (Å²) in [6.45, 7) is 4.65. The van der Waals surface area contributed by atoms with E-state index in [0.717, 1.165) is 0 Å². The fourth-order valence-corrected chi connectivity index (χ4v) is 0.818. The van der Waals surface area contributed by atoms with Crippen molar-refractivity contribution < 1.29 is 8.78 Å². The smallest absolute Gasteiger partial charge is 0.116 e. The van der Waals surface area contributed by atoms with Gasteiger partial charge in [-0.1, -0.05) is 6.92 Å². The maximum Gasteiger partial charge on any atom is 0.116 e. The van der Waals surface area contributed by atoms with Crippen LogP contribution in [0.15, 0.2) is 23.6 Å². The summed E-state index contributed by atoms with van der Waals surface area (Å²) < 4.78 is 24.6. The molecule has 0 N–H and O–H groups in total. The molecule has 64 valence electrons. The van der Waals surface area contributed by atoms with Gasteiger partial charge in [0.2, 0.25) is 0 Å². The zero-order chi connectivity index (χ0) is 8.85. The van der Waals surface area contributed by atoms with E-state index in [0.29, 0.717) is 12.0 Å². The lowest BCUT2D eigenvalue weighted by molar-refractivity contribution is 0.429. The average molecular weight is 160 g/mol. The third kappa shape index (κ3) is 5.77. The van der Waals surface area contributed by atoms with Crippen molar-refractivity contribution in [2.75, 3.05) is 0 Å². The van der Waals surface area contributed by atoms with Crippen LogP contribution in [0, 0.1) is 0 Å². The molecule has 0 amide bonds. The molecule has 0 rings (SSSR count). The first-order valence-electron chi connectivity index (χ1n) is 3.74. The summed E-state index contributed by atoms with van der Waals surface area (Å²) in [7, 11) is 0. The Morgan fingerprint density at radius 1 is 1.55 bits per heavy atom. The predicted molar refractivity (Wildman–Crippen MR) is 43.8 cm³/mol. The third-order valence-electron chi connectivity index (χ3n) is 1.24. The van der Waals surface area contributed by atoms with Gasteiger partial charge < -0.3 is 0 Å². The van der Waals surface area contributed by atoms with Crippen LogP contribution in [0.2, 0.25) is 0 Å². The third-order valence-corrected chi connectivity index (χ3v) is 1.24. The Hall–Kier alpha value is -0.660. The van der Waals surface area contributed by atoms with Crippen molar-refractivity contribution >= 4 is 0 Å². The zero-order valence-electron chi connectivity index (χ0n) is 7.20. The number of hydrogen-bond acceptors (Lipinski definition) is 0. The topological polar surface area (TPSA) is 0 Å². The highest BCUT2D eigenvalue weighted by Gasteiger charge is 1.95. The summed E-state index contributed by atoms with van der Waals surface area (Å²) in [6, 6.07) is 0. The van der Waals surface area contributed by atoms with Crippen LogP contribution in [0.5, 0.6) is 0 Å². The molecule has 2 heteroatoms. The Morgan fingerprint density at radius 2 is 2.09 bits per heavy atom. The van der Waals surface area contributed by atoms with Crippen molar-refractivity contribution in [2.24, 2.45) is 0 Å². The lowest BCUT2D eigenvalue weighted by Gasteiger charge is -1.98. The Bertz CT molecular complexity index is 162. The molecule has 0 aliphatic rings. The van der Waals surface area contributed by atoms with Crippen LogP contribution in [0.25, 0.3) is 0 Å². The van der Waals surface area contributed by atoms with Gasteiger partial charge in [-0.05, 0) is 38.0 Å². The molecule has 0 radical (unpaired) electrons. The van der Waals surface area contributed by atoms with Crippen molar-refractivity contribution in [3.63, 3.8) is 0 Å². The van der Waals surface area contributed by atoms with Gasteiger partial charge in [-0.2, -0.15) is 0 Å². The quantitative estimate of drug-likeness (QED) is 0.554. The summed E-state index contributed by atoms with van der Waals surface area (Å²) in [6.07, 6.45) is 2.44. The van der Waals surface area contributed by atoms with Gasteiger partial charge in [-0.15, -0.1) is 0 Å². The van der Waals surface area contributed by atoms with E-state index in [1.54, 1.807) is 0 Å². The van der Waals surface area contributed by atoms with E-state index in [-0.39, 0.29) is 5.83 Å². The molecule has 0 aromatic heterocycles. The highest BCUT2D eigenvalue weighted by Crippen LogP contribution is 2.09. The minimum atomic E-state index is -0.999. The Balaban J connectivity index is 4.29. The largest absolute Gasteiger partial charge is 0.243 e. The van der Waals surface area contributed by atoms with Crippen LogP contribution in [0.4, 0.5) is 8.78 Å². The van der Waals surface area contributed by atoms with Gasteiger partial charge in [-0.25, -0.2) is 8.78 Å². The number of hydrogen-bond donors (Lipinski definition) is 0. The van der Waals surface area contributed by atoms with Gasteiger partial charge in [0.25, 0.3) is 0 Å². The zero-order valence-corrected chi connectivity index (χ0v) is 7.20. The van der Waals surface area contributed by atoms with Gasteiger partial charge in [0.1, 0.15) is 6.17 Å². The Labute approximate surface area is 66.6 Å². The first kappa shape index (κ1) is 10.3. The molecule has 0 aliphatic carbocycles. The second-order valence-corrected chi connectivity index (χ2v) is 2.50. The van der Waals surface area contributed by atoms with Gasteiger partial charge >= 0.3 is 0 Å². The van der Waals surface area contributed by atoms with E-state index >= 15 is 0 Å². The Morgan fingerprint density at radius 3 is 2.36 bits per heavy atom. The second kappa shape index (κ2) is 5.05. The minimum absolute atomic E-state index is 0.279. The molecule has 0 bridgehead atoms. The molecule has 0 fully saturated rings. The maximum atomic E-state index is 12.4. The highest BCUT2D eigenvalue weighted by atomic mass is 19.1. The van der Waals surface area contributed by atoms with Crippen LogP contribution in [0.1, 0.15) is 27.2 Å². The molecular formula is C9H14F2. The fourth-order valence-electron chi connectivity index (χ4n) is 0.818. The fraction of sp³-hybridized carbons (Fsp3) is 0.556. The normalized spacial score (nSPS) is 16.8. The number of halogens is 2. The number of alkyl halides is 1. The van der Waals surface area contributed by atoms with Gasteiger partial charge in [-0.3, -0.25) is 0 Å². The van der Waals surface area contributed by atoms with Crippen LogP contribution in [0.3, 0.4) is 0 Å². The molecule has 0 saturated heterocycles. The van der Waals surface area contributed by atoms with Crippen molar-refractivity contribution in [2.45, 2.75) is 33.4 Å². The molecule has 0 aliphatic heterocycles. The van der Waals surface area contributed by atoms with E-state index in [1.807, 2.05) is 6.92 Å². The number of allylic oxidation sites excluding steroid dienone is 4. The van der Waals surface area contributed by atoms with Crippen molar-refractivity contribution in [1.29, 1.82) is 0 Å². The van der Waals surface area contributed by atoms with Crippen molar-refractivity contribution in [3.05, 3.63) is 23.6 Å². The lowest BCUT2D eigenvalue weighted by atomic mass is 10.1. The maximum absolute atomic E-state index is 12.4. The van der Waals surface area contributed by atoms with Crippen molar-refractivity contribution in [1.82, 2.24) is 0 Å². The van der Waals surface area contributed by atoms with E-state index < -0.39 is 6.17 Å². The van der Waals surface area contributed by atoms with Crippen molar-refractivity contribution in [3.8, 4) is 0 Å². The van der Waals surface area contributed by atoms with Crippen LogP contribution in [-0.4, -0.2) is 6.17 Å². The molecule has 0 heterocycles. The molecule has 11 heavy (non-hydrogen) atoms. The summed E-state index contributed by atoms with van der Waals surface area (Å²) in [4.78, 5) is 0. The summed E-state index contributed by atoms with van der Waals surface area (Å²) in [5.74, 6) is -0.279. The molecular weight excluding hydrogens is 146 g/mol. The second-order valence-electron chi connectivity index (χ2n) is 2.50. The first-order valence-corrected chi connectivity index (χ1v) is 3.74. The molecule has 0 saturated carbocycles. The van der Waals surface area contributed by atoms with Gasteiger partial charge in [0.05, 0.1) is 5.83 Å². The van der Waals surface area contributed by atoms with E-state index in [2.05, 4.69) is 0 Å². The molecule has 0 nitrogen and oxygen atoms in total. The van der Waals surface area contributed by atoms with Gasteiger partial charge in [0, 0.05) is 0 Å². The molecule has 0 aromatic carbocycles. The summed E-state index contributed by atoms with van der Waals surface area (Å²) in [5, 5.41) is 0. The molecule has 0 aromatic rings. The van der Waals surface area contributed by atoms with Crippen LogP contribution >= 0.6 is 0 Å². The molecule has 1 atom stereocenters. The van der Waals surface area contributed by atoms with Gasteiger partial charge in [0.15, 0.2) is 0 Å². The van der Waals surface area contributed by atoms with Crippen LogP contribution < -0.4 is 0 Å². The predicted octanol–water partition coefficient (Wildman–Crippen LogP) is 3.55. The lowest BCUT2D eigenvalue weighted by Crippen LogP contribution is -1.87. The number of rotatable bonds is 3. The van der Waals surface area contributed by atoms with E-state index in [1.165, 1.54) is 26.0 Å². The standard InChI is InChI=1S/C9H14F2/c1-4-9(5-7(2)10)6-8(3)11/h5-7H,4H2,1-3H3/b8-6+,9-5-. The SMILES string of the molecule is CCC(=C/C(C)F)/C=C(\C)F. The van der Waals surface area contributed by atoms with Crippen LogP contribution in [-0.2, 0) is 0 Å². The first-order chi connectivity index (χ1) is 5.06.